The monoisotopic (exact) mass is 237 g/mol. The van der Waals surface area contributed by atoms with E-state index >= 15 is 0 Å². The third-order valence-electron chi connectivity index (χ3n) is 3.07. The van der Waals surface area contributed by atoms with Crippen LogP contribution < -0.4 is 15.0 Å². The van der Waals surface area contributed by atoms with Crippen molar-refractivity contribution in [2.45, 2.75) is 6.04 Å². The van der Waals surface area contributed by atoms with Crippen LogP contribution in [0.5, 0.6) is 5.75 Å². The smallest absolute Gasteiger partial charge is 0.333 e. The van der Waals surface area contributed by atoms with Crippen molar-refractivity contribution in [3.8, 4) is 5.75 Å². The van der Waals surface area contributed by atoms with Gasteiger partial charge in [0, 0.05) is 20.1 Å². The topological polar surface area (TPSA) is 67.6 Å². The zero-order valence-corrected chi connectivity index (χ0v) is 9.84. The van der Waals surface area contributed by atoms with E-state index in [0.717, 1.165) is 13.1 Å². The number of nitro groups is 1. The molecule has 0 saturated carbocycles. The molecule has 1 aromatic carbocycles. The van der Waals surface area contributed by atoms with Gasteiger partial charge < -0.3 is 15.0 Å². The molecule has 0 radical (unpaired) electrons. The van der Waals surface area contributed by atoms with Gasteiger partial charge in [0.1, 0.15) is 5.69 Å². The van der Waals surface area contributed by atoms with Crippen LogP contribution in [0.4, 0.5) is 11.4 Å². The Bertz CT molecular complexity index is 432. The molecule has 1 aliphatic heterocycles. The Balaban J connectivity index is 2.40. The maximum atomic E-state index is 11.1. The molecule has 0 spiro atoms. The first-order valence-electron chi connectivity index (χ1n) is 5.40. The summed E-state index contributed by atoms with van der Waals surface area (Å²) in [5, 5.41) is 14.3. The van der Waals surface area contributed by atoms with Crippen LogP contribution in [0.3, 0.4) is 0 Å². The Hall–Kier alpha value is -1.82. The molecule has 0 bridgehead atoms. The summed E-state index contributed by atoms with van der Waals surface area (Å²) in [6.45, 7) is 1.70. The summed E-state index contributed by atoms with van der Waals surface area (Å²) >= 11 is 0. The van der Waals surface area contributed by atoms with Crippen molar-refractivity contribution in [3.63, 3.8) is 0 Å². The van der Waals surface area contributed by atoms with Gasteiger partial charge in [-0.1, -0.05) is 6.07 Å². The van der Waals surface area contributed by atoms with E-state index in [2.05, 4.69) is 5.32 Å². The first-order valence-corrected chi connectivity index (χ1v) is 5.40. The van der Waals surface area contributed by atoms with E-state index in [4.69, 9.17) is 4.74 Å². The van der Waals surface area contributed by atoms with Crippen molar-refractivity contribution in [3.05, 3.63) is 28.3 Å². The third kappa shape index (κ3) is 2.03. The molecule has 0 unspecified atom stereocenters. The van der Waals surface area contributed by atoms with E-state index < -0.39 is 4.92 Å². The van der Waals surface area contributed by atoms with Gasteiger partial charge >= 0.3 is 5.69 Å². The Morgan fingerprint density at radius 3 is 2.71 bits per heavy atom. The molecule has 92 valence electrons. The second-order valence-corrected chi connectivity index (χ2v) is 4.01. The highest BCUT2D eigenvalue weighted by molar-refractivity contribution is 5.70. The summed E-state index contributed by atoms with van der Waals surface area (Å²) < 4.78 is 5.04. The fourth-order valence-electron chi connectivity index (χ4n) is 1.89. The summed E-state index contributed by atoms with van der Waals surface area (Å²) in [4.78, 5) is 12.7. The fourth-order valence-corrected chi connectivity index (χ4v) is 1.89. The highest BCUT2D eigenvalue weighted by atomic mass is 16.6. The Morgan fingerprint density at radius 1 is 1.53 bits per heavy atom. The number of para-hydroxylation sites is 1. The quantitative estimate of drug-likeness (QED) is 0.625. The summed E-state index contributed by atoms with van der Waals surface area (Å²) in [6, 6.07) is 5.43. The number of nitrogens with one attached hydrogen (secondary N) is 1. The Kier molecular flexibility index (Phi) is 3.14. The predicted octanol–water partition coefficient (Wildman–Crippen LogP) is 1.01. The molecule has 1 aliphatic rings. The van der Waals surface area contributed by atoms with Gasteiger partial charge in [-0.2, -0.15) is 0 Å². The minimum Gasteiger partial charge on any atom is -0.490 e. The van der Waals surface area contributed by atoms with Crippen LogP contribution in [0, 0.1) is 10.1 Å². The number of rotatable bonds is 4. The van der Waals surface area contributed by atoms with Crippen molar-refractivity contribution in [1.82, 2.24) is 5.32 Å². The highest BCUT2D eigenvalue weighted by Gasteiger charge is 2.29. The SMILES string of the molecule is COc1cccc(N(C)C2CNC2)c1[N+](=O)[O-]. The van der Waals surface area contributed by atoms with Crippen molar-refractivity contribution in [2.75, 3.05) is 32.1 Å². The van der Waals surface area contributed by atoms with E-state index in [1.807, 2.05) is 11.9 Å². The average molecular weight is 237 g/mol. The van der Waals surface area contributed by atoms with E-state index in [1.54, 1.807) is 18.2 Å². The maximum absolute atomic E-state index is 11.1. The van der Waals surface area contributed by atoms with Gasteiger partial charge in [0.2, 0.25) is 0 Å². The first-order chi connectivity index (χ1) is 8.15. The molecular formula is C11H15N3O3. The number of anilines is 1. The molecule has 1 saturated heterocycles. The number of likely N-dealkylation sites (N-methyl/N-ethyl adjacent to an activating group) is 1. The van der Waals surface area contributed by atoms with Gasteiger partial charge in [-0.3, -0.25) is 10.1 Å². The molecule has 0 aliphatic carbocycles. The molecule has 0 aromatic heterocycles. The van der Waals surface area contributed by atoms with Crippen LogP contribution in [0.25, 0.3) is 0 Å². The molecular weight excluding hydrogens is 222 g/mol. The zero-order valence-electron chi connectivity index (χ0n) is 9.84. The molecule has 17 heavy (non-hydrogen) atoms. The van der Waals surface area contributed by atoms with Gasteiger partial charge in [-0.25, -0.2) is 0 Å². The number of methoxy groups -OCH3 is 1. The summed E-state index contributed by atoms with van der Waals surface area (Å²) in [5.74, 6) is 0.298. The molecule has 1 aromatic rings. The van der Waals surface area contributed by atoms with E-state index in [-0.39, 0.29) is 5.69 Å². The van der Waals surface area contributed by atoms with E-state index in [1.165, 1.54) is 7.11 Å². The lowest BCUT2D eigenvalue weighted by Crippen LogP contribution is -2.56. The Labute approximate surface area is 99.3 Å². The second kappa shape index (κ2) is 4.58. The van der Waals surface area contributed by atoms with Crippen molar-refractivity contribution in [1.29, 1.82) is 0 Å². The van der Waals surface area contributed by atoms with Crippen LogP contribution >= 0.6 is 0 Å². The first kappa shape index (κ1) is 11.7. The van der Waals surface area contributed by atoms with Crippen molar-refractivity contribution >= 4 is 11.4 Å². The van der Waals surface area contributed by atoms with Crippen LogP contribution in [-0.4, -0.2) is 38.2 Å². The summed E-state index contributed by atoms with van der Waals surface area (Å²) in [5.41, 5.74) is 0.630. The summed E-state index contributed by atoms with van der Waals surface area (Å²) in [7, 11) is 3.31. The molecule has 1 N–H and O–H groups in total. The van der Waals surface area contributed by atoms with E-state index in [0.29, 0.717) is 17.5 Å². The second-order valence-electron chi connectivity index (χ2n) is 4.01. The van der Waals surface area contributed by atoms with Gasteiger partial charge in [-0.15, -0.1) is 0 Å². The highest BCUT2D eigenvalue weighted by Crippen LogP contribution is 2.37. The number of hydrogen-bond acceptors (Lipinski definition) is 5. The van der Waals surface area contributed by atoms with Crippen molar-refractivity contribution in [2.24, 2.45) is 0 Å². The number of nitro benzene ring substituents is 1. The number of hydrogen-bond donors (Lipinski definition) is 1. The molecule has 0 amide bonds. The minimum atomic E-state index is -0.392. The average Bonchev–Trinajstić information content (AvgIpc) is 2.25. The molecule has 0 atom stereocenters. The number of nitrogens with zero attached hydrogens (tertiary/aromatic N) is 2. The van der Waals surface area contributed by atoms with Gasteiger partial charge in [0.05, 0.1) is 18.1 Å². The van der Waals surface area contributed by atoms with Crippen LogP contribution in [-0.2, 0) is 0 Å². The lowest BCUT2D eigenvalue weighted by atomic mass is 10.1. The van der Waals surface area contributed by atoms with Gasteiger partial charge in [0.15, 0.2) is 5.75 Å². The maximum Gasteiger partial charge on any atom is 0.333 e. The van der Waals surface area contributed by atoms with Crippen molar-refractivity contribution < 1.29 is 9.66 Å². The number of ether oxygens (including phenoxy) is 1. The van der Waals surface area contributed by atoms with E-state index in [9.17, 15) is 10.1 Å². The molecule has 1 heterocycles. The number of benzene rings is 1. The molecule has 1 fully saturated rings. The lowest BCUT2D eigenvalue weighted by molar-refractivity contribution is -0.385. The van der Waals surface area contributed by atoms with Crippen LogP contribution in [0.1, 0.15) is 0 Å². The van der Waals surface area contributed by atoms with Crippen LogP contribution in [0.15, 0.2) is 18.2 Å². The van der Waals surface area contributed by atoms with Gasteiger partial charge in [0.25, 0.3) is 0 Å². The third-order valence-corrected chi connectivity index (χ3v) is 3.07. The van der Waals surface area contributed by atoms with Gasteiger partial charge in [-0.05, 0) is 12.1 Å². The van der Waals surface area contributed by atoms with Crippen LogP contribution in [0.2, 0.25) is 0 Å². The standard InChI is InChI=1S/C11H15N3O3/c1-13(8-6-12-7-8)9-4-3-5-10(17-2)11(9)14(15)16/h3-5,8,12H,6-7H2,1-2H3. The lowest BCUT2D eigenvalue weighted by Gasteiger charge is -2.36. The molecule has 6 heteroatoms. The normalized spacial score (nSPS) is 15.2. The largest absolute Gasteiger partial charge is 0.490 e. The minimum absolute atomic E-state index is 0.0319. The Morgan fingerprint density at radius 2 is 2.24 bits per heavy atom. The fraction of sp³-hybridized carbons (Fsp3) is 0.455. The molecule has 6 nitrogen and oxygen atoms in total. The predicted molar refractivity (Wildman–Crippen MR) is 64.7 cm³/mol. The zero-order chi connectivity index (χ0) is 12.4. The summed E-state index contributed by atoms with van der Waals surface area (Å²) in [6.07, 6.45) is 0. The molecule has 2 rings (SSSR count).